The Morgan fingerprint density at radius 1 is 0.824 bits per heavy atom. The Bertz CT molecular complexity index is 1150. The average molecular weight is 484 g/mol. The molecule has 0 unspecified atom stereocenters. The Hall–Kier alpha value is -2.92. The highest BCUT2D eigenvalue weighted by atomic mass is 32.1. The van der Waals surface area contributed by atoms with E-state index in [1.807, 2.05) is 5.16 Å². The van der Waals surface area contributed by atoms with Gasteiger partial charge < -0.3 is 0 Å². The van der Waals surface area contributed by atoms with Gasteiger partial charge in [-0.2, -0.15) is 4.99 Å². The predicted octanol–water partition coefficient (Wildman–Crippen LogP) is 8.12. The number of benzene rings is 2. The number of nitrogens with zero attached hydrogens (tertiary/aromatic N) is 1. The van der Waals surface area contributed by atoms with Gasteiger partial charge in [0, 0.05) is 17.0 Å². The number of hydrogen-bond acceptors (Lipinski definition) is 2. The van der Waals surface area contributed by atoms with Gasteiger partial charge in [-0.15, -0.1) is 0 Å². The molecule has 1 saturated carbocycles. The quantitative estimate of drug-likeness (QED) is 0.138. The van der Waals surface area contributed by atoms with Crippen LogP contribution in [0.3, 0.4) is 0 Å². The minimum atomic E-state index is -0.997. The number of isothiocyanates is 1. The second-order valence-electron chi connectivity index (χ2n) is 8.54. The summed E-state index contributed by atoms with van der Waals surface area (Å²) in [5.74, 6) is 8.02. The van der Waals surface area contributed by atoms with E-state index >= 15 is 0 Å². The summed E-state index contributed by atoms with van der Waals surface area (Å²) in [6.07, 6.45) is 9.40. The monoisotopic (exact) mass is 483 g/mol. The van der Waals surface area contributed by atoms with Gasteiger partial charge in [-0.05, 0) is 68.1 Å². The normalized spacial score (nSPS) is 17.1. The number of halogens is 4. The van der Waals surface area contributed by atoms with Gasteiger partial charge in [-0.1, -0.05) is 56.3 Å². The Morgan fingerprint density at radius 3 is 2.00 bits per heavy atom. The smallest absolute Gasteiger partial charge is 0.153 e. The molecular formula is C28H25F4NS. The van der Waals surface area contributed by atoms with E-state index in [0.717, 1.165) is 55.9 Å². The maximum atomic E-state index is 14.5. The zero-order valence-electron chi connectivity index (χ0n) is 19.0. The fourth-order valence-corrected chi connectivity index (χ4v) is 4.24. The fraction of sp³-hybridized carbons (Fsp3) is 0.393. The van der Waals surface area contributed by atoms with Crippen LogP contribution in [0.4, 0.5) is 23.2 Å². The molecule has 0 spiro atoms. The summed E-state index contributed by atoms with van der Waals surface area (Å²) < 4.78 is 56.8. The molecule has 0 bridgehead atoms. The summed E-state index contributed by atoms with van der Waals surface area (Å²) in [5.41, 5.74) is -0.929. The van der Waals surface area contributed by atoms with E-state index in [2.05, 4.69) is 47.8 Å². The molecule has 6 heteroatoms. The van der Waals surface area contributed by atoms with Gasteiger partial charge in [-0.25, -0.2) is 17.6 Å². The maximum Gasteiger partial charge on any atom is 0.153 e. The third-order valence-electron chi connectivity index (χ3n) is 6.03. The Morgan fingerprint density at radius 2 is 1.41 bits per heavy atom. The molecule has 0 heterocycles. The van der Waals surface area contributed by atoms with Gasteiger partial charge >= 0.3 is 0 Å². The molecule has 2 aromatic carbocycles. The summed E-state index contributed by atoms with van der Waals surface area (Å²) in [4.78, 5) is 3.31. The first-order valence-electron chi connectivity index (χ1n) is 11.5. The number of aliphatic imine (C=N–C) groups is 1. The van der Waals surface area contributed by atoms with Crippen molar-refractivity contribution in [3.8, 4) is 23.7 Å². The van der Waals surface area contributed by atoms with Crippen LogP contribution in [0.15, 0.2) is 29.3 Å². The molecule has 0 aliphatic heterocycles. The highest BCUT2D eigenvalue weighted by Crippen LogP contribution is 2.31. The molecule has 0 amide bonds. The molecule has 0 aromatic heterocycles. The van der Waals surface area contributed by atoms with E-state index in [1.165, 1.54) is 25.7 Å². The Kier molecular flexibility index (Phi) is 9.46. The minimum absolute atomic E-state index is 0.0914. The van der Waals surface area contributed by atoms with E-state index in [-0.39, 0.29) is 17.0 Å². The SMILES string of the molecule is CCCCCC1CCC(C#Cc2cc(F)c(C#Cc3cc(F)c(N=C=S)c(F)c3)c(F)c2)CC1. The van der Waals surface area contributed by atoms with E-state index in [0.29, 0.717) is 0 Å². The molecule has 0 saturated heterocycles. The molecule has 1 fully saturated rings. The van der Waals surface area contributed by atoms with Gasteiger partial charge in [0.15, 0.2) is 11.6 Å². The molecule has 34 heavy (non-hydrogen) atoms. The van der Waals surface area contributed by atoms with Crippen LogP contribution in [0, 0.1) is 58.8 Å². The second kappa shape index (κ2) is 12.5. The van der Waals surface area contributed by atoms with Gasteiger partial charge in [-0.3, -0.25) is 0 Å². The van der Waals surface area contributed by atoms with Crippen LogP contribution in [-0.2, 0) is 0 Å². The summed E-state index contributed by atoms with van der Waals surface area (Å²) in [6.45, 7) is 2.21. The first-order chi connectivity index (χ1) is 16.4. The van der Waals surface area contributed by atoms with Gasteiger partial charge in [0.2, 0.25) is 0 Å². The van der Waals surface area contributed by atoms with Crippen molar-refractivity contribution in [3.63, 3.8) is 0 Å². The number of hydrogen-bond donors (Lipinski definition) is 0. The van der Waals surface area contributed by atoms with Crippen LogP contribution < -0.4 is 0 Å². The second-order valence-corrected chi connectivity index (χ2v) is 8.72. The molecule has 0 N–H and O–H groups in total. The van der Waals surface area contributed by atoms with Gasteiger partial charge in [0.25, 0.3) is 0 Å². The first kappa shape index (κ1) is 25.7. The molecule has 3 rings (SSSR count). The van der Waals surface area contributed by atoms with Crippen molar-refractivity contribution >= 4 is 23.1 Å². The lowest BCUT2D eigenvalue weighted by Crippen LogP contribution is -2.13. The van der Waals surface area contributed by atoms with E-state index in [9.17, 15) is 17.6 Å². The van der Waals surface area contributed by atoms with E-state index in [1.54, 1.807) is 0 Å². The largest absolute Gasteiger partial charge is 0.205 e. The lowest BCUT2D eigenvalue weighted by Gasteiger charge is -2.25. The third-order valence-corrected chi connectivity index (χ3v) is 6.12. The first-order valence-corrected chi connectivity index (χ1v) is 11.9. The highest BCUT2D eigenvalue weighted by Gasteiger charge is 2.19. The molecule has 2 aromatic rings. The van der Waals surface area contributed by atoms with Crippen LogP contribution in [0.25, 0.3) is 0 Å². The lowest BCUT2D eigenvalue weighted by atomic mass is 9.80. The summed E-state index contributed by atoms with van der Waals surface area (Å²) in [6, 6.07) is 4.09. The van der Waals surface area contributed by atoms with Crippen LogP contribution in [0.1, 0.15) is 75.0 Å². The van der Waals surface area contributed by atoms with Crippen molar-refractivity contribution in [2.24, 2.45) is 16.8 Å². The van der Waals surface area contributed by atoms with Crippen molar-refractivity contribution in [2.45, 2.75) is 58.3 Å². The maximum absolute atomic E-state index is 14.5. The molecule has 1 aliphatic rings. The minimum Gasteiger partial charge on any atom is -0.205 e. The molecule has 1 nitrogen and oxygen atoms in total. The van der Waals surface area contributed by atoms with Crippen LogP contribution in [0.2, 0.25) is 0 Å². The molecule has 1 aliphatic carbocycles. The Balaban J connectivity index is 1.69. The summed E-state index contributed by atoms with van der Waals surface area (Å²) >= 11 is 4.35. The molecule has 176 valence electrons. The van der Waals surface area contributed by atoms with Crippen molar-refractivity contribution < 1.29 is 17.6 Å². The summed E-state index contributed by atoms with van der Waals surface area (Å²) in [7, 11) is 0. The van der Waals surface area contributed by atoms with Crippen LogP contribution >= 0.6 is 12.2 Å². The fourth-order valence-electron chi connectivity index (χ4n) is 4.15. The standard InChI is InChI=1S/C28H25F4NS/c1-2-3-4-5-19-6-8-20(9-7-19)10-11-21-14-24(29)23(25(30)15-21)13-12-22-16-26(31)28(33-18-34)27(32)17-22/h14-17,19-20H,2-9H2,1H3. The Labute approximate surface area is 203 Å². The zero-order chi connectivity index (χ0) is 24.5. The topological polar surface area (TPSA) is 12.4 Å². The highest BCUT2D eigenvalue weighted by molar-refractivity contribution is 7.78. The molecular weight excluding hydrogens is 458 g/mol. The van der Waals surface area contributed by atoms with Gasteiger partial charge in [0.05, 0.1) is 10.7 Å². The van der Waals surface area contributed by atoms with Crippen molar-refractivity contribution in [1.29, 1.82) is 0 Å². The lowest BCUT2D eigenvalue weighted by molar-refractivity contribution is 0.294. The predicted molar refractivity (Wildman–Crippen MR) is 130 cm³/mol. The number of unbranched alkanes of at least 4 members (excludes halogenated alkanes) is 2. The van der Waals surface area contributed by atoms with E-state index < -0.39 is 34.5 Å². The van der Waals surface area contributed by atoms with Crippen molar-refractivity contribution in [2.75, 3.05) is 0 Å². The van der Waals surface area contributed by atoms with Crippen molar-refractivity contribution in [3.05, 3.63) is 64.2 Å². The third kappa shape index (κ3) is 7.04. The van der Waals surface area contributed by atoms with Crippen LogP contribution in [-0.4, -0.2) is 5.16 Å². The average Bonchev–Trinajstić information content (AvgIpc) is 2.80. The zero-order valence-corrected chi connectivity index (χ0v) is 19.8. The van der Waals surface area contributed by atoms with Crippen molar-refractivity contribution in [1.82, 2.24) is 0 Å². The number of rotatable bonds is 5. The summed E-state index contributed by atoms with van der Waals surface area (Å²) in [5, 5.41) is 1.89. The molecule has 0 radical (unpaired) electrons. The van der Waals surface area contributed by atoms with Crippen LogP contribution in [0.5, 0.6) is 0 Å². The van der Waals surface area contributed by atoms with Gasteiger partial charge in [0.1, 0.15) is 17.3 Å². The molecule has 0 atom stereocenters. The van der Waals surface area contributed by atoms with E-state index in [4.69, 9.17) is 0 Å². The number of thiocarbonyl (C=S) groups is 1.